The number of hydrogen-bond acceptors (Lipinski definition) is 6. The summed E-state index contributed by atoms with van der Waals surface area (Å²) in [7, 11) is -3.06. The number of nitrogens with one attached hydrogen (secondary N) is 1. The normalized spacial score (nSPS) is 20.7. The average molecular weight is 367 g/mol. The van der Waals surface area contributed by atoms with Gasteiger partial charge in [-0.15, -0.1) is 0 Å². The molecule has 0 saturated carbocycles. The lowest BCUT2D eigenvalue weighted by Gasteiger charge is -2.11. The van der Waals surface area contributed by atoms with E-state index >= 15 is 0 Å². The number of benzene rings is 1. The molecule has 1 heterocycles. The van der Waals surface area contributed by atoms with Crippen LogP contribution in [0.1, 0.15) is 24.0 Å². The van der Waals surface area contributed by atoms with E-state index in [1.807, 2.05) is 18.2 Å². The van der Waals surface area contributed by atoms with Crippen LogP contribution in [0.3, 0.4) is 0 Å². The SMILES string of the molecule is O=C(COC(=O)COc1ccc2c(c1)CCC2)N[C@H]1CCS(=O)(=O)C1. The monoisotopic (exact) mass is 367 g/mol. The Hall–Kier alpha value is -2.09. The van der Waals surface area contributed by atoms with E-state index in [2.05, 4.69) is 5.32 Å². The van der Waals surface area contributed by atoms with Crippen LogP contribution < -0.4 is 10.1 Å². The number of ether oxygens (including phenoxy) is 2. The first-order chi connectivity index (χ1) is 11.9. The van der Waals surface area contributed by atoms with Crippen LogP contribution in [0.25, 0.3) is 0 Å². The lowest BCUT2D eigenvalue weighted by molar-refractivity contribution is -0.150. The maximum absolute atomic E-state index is 11.7. The summed E-state index contributed by atoms with van der Waals surface area (Å²) in [4.78, 5) is 23.4. The maximum atomic E-state index is 11.7. The standard InChI is InChI=1S/C17H21NO6S/c19-16(18-14-6-7-25(21,22)11-14)9-24-17(20)10-23-15-5-4-12-2-1-3-13(12)8-15/h4-5,8,14H,1-3,6-7,9-11H2,(H,18,19)/t14-/m0/s1. The molecule has 1 amide bonds. The molecule has 0 aromatic heterocycles. The largest absolute Gasteiger partial charge is 0.482 e. The molecule has 1 fully saturated rings. The Morgan fingerprint density at radius 3 is 2.72 bits per heavy atom. The summed E-state index contributed by atoms with van der Waals surface area (Å²) < 4.78 is 32.9. The van der Waals surface area contributed by atoms with Gasteiger partial charge in [0, 0.05) is 6.04 Å². The molecule has 0 unspecified atom stereocenters. The lowest BCUT2D eigenvalue weighted by atomic mass is 10.1. The summed E-state index contributed by atoms with van der Waals surface area (Å²) in [5.74, 6) is -0.526. The van der Waals surface area contributed by atoms with Crippen molar-refractivity contribution in [2.75, 3.05) is 24.7 Å². The molecular weight excluding hydrogens is 346 g/mol. The fourth-order valence-corrected chi connectivity index (χ4v) is 4.82. The van der Waals surface area contributed by atoms with E-state index in [4.69, 9.17) is 9.47 Å². The Morgan fingerprint density at radius 1 is 1.16 bits per heavy atom. The molecular formula is C17H21NO6S. The molecule has 25 heavy (non-hydrogen) atoms. The molecule has 0 bridgehead atoms. The summed E-state index contributed by atoms with van der Waals surface area (Å²) in [6, 6.07) is 5.36. The summed E-state index contributed by atoms with van der Waals surface area (Å²) in [6.07, 6.45) is 3.63. The van der Waals surface area contributed by atoms with Crippen LogP contribution in [-0.4, -0.2) is 51.1 Å². The van der Waals surface area contributed by atoms with Crippen molar-refractivity contribution in [2.45, 2.75) is 31.7 Å². The molecule has 8 heteroatoms. The second kappa shape index (κ2) is 7.43. The molecule has 1 aliphatic heterocycles. The van der Waals surface area contributed by atoms with Gasteiger partial charge in [0.25, 0.3) is 5.91 Å². The fraction of sp³-hybridized carbons (Fsp3) is 0.529. The van der Waals surface area contributed by atoms with Gasteiger partial charge in [-0.1, -0.05) is 6.07 Å². The van der Waals surface area contributed by atoms with Gasteiger partial charge in [0.2, 0.25) is 0 Å². The maximum Gasteiger partial charge on any atom is 0.344 e. The third-order valence-corrected chi connectivity index (χ3v) is 6.16. The summed E-state index contributed by atoms with van der Waals surface area (Å²) in [5.41, 5.74) is 2.57. The molecule has 1 atom stereocenters. The second-order valence-electron chi connectivity index (χ2n) is 6.40. The Morgan fingerprint density at radius 2 is 1.96 bits per heavy atom. The van der Waals surface area contributed by atoms with E-state index < -0.39 is 34.4 Å². The Labute approximate surface area is 146 Å². The first-order valence-electron chi connectivity index (χ1n) is 8.31. The minimum atomic E-state index is -3.06. The molecule has 1 aliphatic carbocycles. The van der Waals surface area contributed by atoms with Gasteiger partial charge in [-0.2, -0.15) is 0 Å². The fourth-order valence-electron chi connectivity index (χ4n) is 3.15. The zero-order valence-corrected chi connectivity index (χ0v) is 14.6. The van der Waals surface area contributed by atoms with Crippen LogP contribution in [0.5, 0.6) is 5.75 Å². The quantitative estimate of drug-likeness (QED) is 0.731. The van der Waals surface area contributed by atoms with Crippen LogP contribution in [0.2, 0.25) is 0 Å². The highest BCUT2D eigenvalue weighted by Crippen LogP contribution is 2.25. The highest BCUT2D eigenvalue weighted by molar-refractivity contribution is 7.91. The van der Waals surface area contributed by atoms with E-state index in [0.717, 1.165) is 19.3 Å². The Kier molecular flexibility index (Phi) is 5.27. The van der Waals surface area contributed by atoms with Gasteiger partial charge in [-0.3, -0.25) is 4.79 Å². The topological polar surface area (TPSA) is 98.8 Å². The highest BCUT2D eigenvalue weighted by Gasteiger charge is 2.29. The van der Waals surface area contributed by atoms with Gasteiger partial charge in [0.15, 0.2) is 23.1 Å². The second-order valence-corrected chi connectivity index (χ2v) is 8.63. The van der Waals surface area contributed by atoms with Crippen LogP contribution >= 0.6 is 0 Å². The summed E-state index contributed by atoms with van der Waals surface area (Å²) >= 11 is 0. The van der Waals surface area contributed by atoms with Gasteiger partial charge in [-0.25, -0.2) is 13.2 Å². The molecule has 0 radical (unpaired) electrons. The van der Waals surface area contributed by atoms with Gasteiger partial charge >= 0.3 is 5.97 Å². The van der Waals surface area contributed by atoms with Crippen molar-refractivity contribution in [3.8, 4) is 5.75 Å². The van der Waals surface area contributed by atoms with E-state index in [1.165, 1.54) is 11.1 Å². The number of esters is 1. The van der Waals surface area contributed by atoms with Crippen LogP contribution in [0, 0.1) is 0 Å². The minimum Gasteiger partial charge on any atom is -0.482 e. The van der Waals surface area contributed by atoms with E-state index in [9.17, 15) is 18.0 Å². The van der Waals surface area contributed by atoms with E-state index in [0.29, 0.717) is 12.2 Å². The first kappa shape index (κ1) is 17.7. The zero-order valence-electron chi connectivity index (χ0n) is 13.8. The number of sulfone groups is 1. The van der Waals surface area contributed by atoms with Gasteiger partial charge in [0.05, 0.1) is 11.5 Å². The molecule has 136 valence electrons. The predicted molar refractivity (Wildman–Crippen MR) is 90.1 cm³/mol. The molecule has 1 N–H and O–H groups in total. The van der Waals surface area contributed by atoms with Crippen molar-refractivity contribution in [3.05, 3.63) is 29.3 Å². The number of fused-ring (bicyclic) bond motifs is 1. The van der Waals surface area contributed by atoms with E-state index in [1.54, 1.807) is 0 Å². The van der Waals surface area contributed by atoms with Crippen molar-refractivity contribution in [1.82, 2.24) is 5.32 Å². The van der Waals surface area contributed by atoms with Gasteiger partial charge in [-0.05, 0) is 48.9 Å². The molecule has 1 aromatic carbocycles. The number of hydrogen-bond donors (Lipinski definition) is 1. The smallest absolute Gasteiger partial charge is 0.344 e. The van der Waals surface area contributed by atoms with Gasteiger partial charge in [0.1, 0.15) is 5.75 Å². The van der Waals surface area contributed by atoms with Crippen LogP contribution in [0.4, 0.5) is 0 Å². The van der Waals surface area contributed by atoms with Crippen molar-refractivity contribution >= 4 is 21.7 Å². The van der Waals surface area contributed by atoms with Crippen LogP contribution in [-0.2, 0) is 37.0 Å². The van der Waals surface area contributed by atoms with Crippen molar-refractivity contribution in [2.24, 2.45) is 0 Å². The van der Waals surface area contributed by atoms with Gasteiger partial charge < -0.3 is 14.8 Å². The number of aryl methyl sites for hydroxylation is 2. The van der Waals surface area contributed by atoms with E-state index in [-0.39, 0.29) is 18.1 Å². The molecule has 7 nitrogen and oxygen atoms in total. The number of amides is 1. The number of rotatable bonds is 6. The summed E-state index contributed by atoms with van der Waals surface area (Å²) in [5, 5.41) is 2.56. The van der Waals surface area contributed by atoms with Crippen molar-refractivity contribution < 1.29 is 27.5 Å². The van der Waals surface area contributed by atoms with Crippen LogP contribution in [0.15, 0.2) is 18.2 Å². The highest BCUT2D eigenvalue weighted by atomic mass is 32.2. The predicted octanol–water partition coefficient (Wildman–Crippen LogP) is 0.401. The third-order valence-electron chi connectivity index (χ3n) is 4.39. The number of carbonyl (C=O) groups is 2. The molecule has 1 saturated heterocycles. The third kappa shape index (κ3) is 4.94. The minimum absolute atomic E-state index is 0.0614. The van der Waals surface area contributed by atoms with Crippen molar-refractivity contribution in [3.63, 3.8) is 0 Å². The molecule has 2 aliphatic rings. The lowest BCUT2D eigenvalue weighted by Crippen LogP contribution is -2.38. The Bertz CT molecular complexity index is 773. The average Bonchev–Trinajstić information content (AvgIpc) is 3.16. The Balaban J connectivity index is 1.37. The molecule has 3 rings (SSSR count). The first-order valence-corrected chi connectivity index (χ1v) is 10.1. The van der Waals surface area contributed by atoms with Crippen molar-refractivity contribution in [1.29, 1.82) is 0 Å². The molecule has 0 spiro atoms. The number of carbonyl (C=O) groups excluding carboxylic acids is 2. The molecule has 1 aromatic rings. The summed E-state index contributed by atoms with van der Waals surface area (Å²) in [6.45, 7) is -0.715. The zero-order chi connectivity index (χ0) is 17.9.